The third-order valence-electron chi connectivity index (χ3n) is 6.49. The first-order chi connectivity index (χ1) is 17.5. The van der Waals surface area contributed by atoms with Crippen molar-refractivity contribution in [3.63, 3.8) is 0 Å². The predicted molar refractivity (Wildman–Crippen MR) is 145 cm³/mol. The average molecular weight is 684 g/mol. The summed E-state index contributed by atoms with van der Waals surface area (Å²) in [5.74, 6) is 1.49. The second-order valence-electron chi connectivity index (χ2n) is 8.85. The van der Waals surface area contributed by atoms with E-state index in [9.17, 15) is 25.9 Å². The molecule has 2 aliphatic rings. The van der Waals surface area contributed by atoms with E-state index in [4.69, 9.17) is 0 Å². The number of aromatic nitrogens is 2. The number of allylic oxidation sites excluding steroid dienone is 2. The van der Waals surface area contributed by atoms with Crippen LogP contribution in [-0.2, 0) is 33.3 Å². The van der Waals surface area contributed by atoms with Crippen molar-refractivity contribution < 1.29 is 30.5 Å². The zero-order chi connectivity index (χ0) is 26.8. The molecule has 0 spiro atoms. The van der Waals surface area contributed by atoms with Crippen LogP contribution in [0, 0.1) is 0 Å². The predicted octanol–water partition coefficient (Wildman–Crippen LogP) is 0.980. The van der Waals surface area contributed by atoms with Crippen molar-refractivity contribution in [1.82, 2.24) is 14.4 Å². The van der Waals surface area contributed by atoms with Crippen molar-refractivity contribution in [2.45, 2.75) is 50.8 Å². The third-order valence-corrected chi connectivity index (χ3v) is 12.4. The van der Waals surface area contributed by atoms with E-state index in [0.29, 0.717) is 30.9 Å². The van der Waals surface area contributed by atoms with Gasteiger partial charge in [0.15, 0.2) is 0 Å². The normalized spacial score (nSPS) is 21.4. The molecule has 10 nitrogen and oxygen atoms in total. The Labute approximate surface area is 230 Å². The third kappa shape index (κ3) is 6.62. The number of aryl methyl sites for hydroxylation is 2. The summed E-state index contributed by atoms with van der Waals surface area (Å²) in [7, 11) is -8.02. The van der Waals surface area contributed by atoms with E-state index in [0.717, 1.165) is 30.3 Å². The monoisotopic (exact) mass is 685 g/mol. The van der Waals surface area contributed by atoms with Gasteiger partial charge in [-0.25, -0.2) is 0 Å². The summed E-state index contributed by atoms with van der Waals surface area (Å²) in [5, 5.41) is 0. The number of hydrogen-bond acceptors (Lipinski definition) is 6. The topological polar surface area (TPSA) is 124 Å². The van der Waals surface area contributed by atoms with E-state index < -0.39 is 20.2 Å². The Morgan fingerprint density at radius 2 is 1.78 bits per heavy atom. The molecule has 0 aliphatic carbocycles. The molecule has 0 radical (unpaired) electrons. The second-order valence-corrected chi connectivity index (χ2v) is 16.0. The van der Waals surface area contributed by atoms with Crippen LogP contribution in [-0.4, -0.2) is 105 Å². The molecule has 1 fully saturated rings. The summed E-state index contributed by atoms with van der Waals surface area (Å²) in [6.45, 7) is 6.82. The summed E-state index contributed by atoms with van der Waals surface area (Å²) < 4.78 is 69.1. The van der Waals surface area contributed by atoms with Crippen LogP contribution in [0.5, 0.6) is 0 Å². The molecule has 0 saturated carbocycles. The number of imidazole rings is 1. The van der Waals surface area contributed by atoms with Gasteiger partial charge >= 0.3 is 232 Å². The van der Waals surface area contributed by atoms with Gasteiger partial charge in [0.2, 0.25) is 0 Å². The van der Waals surface area contributed by atoms with Gasteiger partial charge in [-0.1, -0.05) is 0 Å². The van der Waals surface area contributed by atoms with Gasteiger partial charge in [0.05, 0.1) is 0 Å². The Bertz CT molecular complexity index is 1430. The Balaban J connectivity index is 1.64. The SMILES string of the molecule is CCN1C(=CC=Cc2n(CC)c3cc[se]c3[n+]2CCCS(=O)(=O)O)N(CCCS(=O)(=O)O)C2[Se]C=CC21. The van der Waals surface area contributed by atoms with Gasteiger partial charge in [-0.15, -0.1) is 0 Å². The number of fused-ring (bicyclic) bond motifs is 2. The molecule has 0 bridgehead atoms. The van der Waals surface area contributed by atoms with Crippen LogP contribution in [0.2, 0.25) is 0 Å². The molecule has 14 heteroatoms. The molecule has 2 aromatic rings. The van der Waals surface area contributed by atoms with E-state index in [1.807, 2.05) is 12.2 Å². The van der Waals surface area contributed by atoms with E-state index in [1.165, 1.54) is 4.39 Å². The number of nitrogens with zero attached hydrogens (tertiary/aromatic N) is 4. The molecule has 0 aromatic carbocycles. The van der Waals surface area contributed by atoms with Crippen molar-refractivity contribution in [1.29, 1.82) is 0 Å². The van der Waals surface area contributed by atoms with E-state index in [1.54, 1.807) is 0 Å². The molecule has 37 heavy (non-hydrogen) atoms. The molecular weight excluding hydrogens is 650 g/mol. The first kappa shape index (κ1) is 28.6. The Hall–Kier alpha value is -1.37. The standard InChI is InChI=1S/C23H32N4O6S2Se2/c1-3-24-18-10-16-36-22(18)26(12-6-14-34(28,29)30)20(24)8-5-9-21-25(4-2)19-11-17-37-23(19)27(21)13-7-15-35(31,32)33/h5,8-11,16-18,22H,3-4,6-7,12-15H2,1-2H3,(H-,28,29,30,31,32,33)/p+1. The van der Waals surface area contributed by atoms with E-state index in [2.05, 4.69) is 60.9 Å². The summed E-state index contributed by atoms with van der Waals surface area (Å²) in [4.78, 5) is 9.30. The number of likely N-dealkylation sites (N-methyl/N-ethyl adjacent to an activating group) is 1. The van der Waals surface area contributed by atoms with Gasteiger partial charge in [0.25, 0.3) is 0 Å². The van der Waals surface area contributed by atoms with Crippen molar-refractivity contribution in [3.05, 3.63) is 45.9 Å². The van der Waals surface area contributed by atoms with Crippen LogP contribution in [0.15, 0.2) is 40.0 Å². The van der Waals surface area contributed by atoms with Gasteiger partial charge in [-0.3, -0.25) is 0 Å². The molecule has 4 rings (SSSR count). The summed E-state index contributed by atoms with van der Waals surface area (Å²) in [6, 6.07) is 2.38. The number of hydrogen-bond donors (Lipinski definition) is 2. The maximum absolute atomic E-state index is 11.3. The molecule has 2 atom stereocenters. The molecule has 4 heterocycles. The van der Waals surface area contributed by atoms with Crippen LogP contribution >= 0.6 is 0 Å². The fraction of sp³-hybridized carbons (Fsp3) is 0.522. The van der Waals surface area contributed by atoms with Crippen LogP contribution in [0.3, 0.4) is 0 Å². The summed E-state index contributed by atoms with van der Waals surface area (Å²) in [5.41, 5.74) is 1.15. The molecular formula is C23H33N4O6S2Se2+. The second kappa shape index (κ2) is 11.8. The fourth-order valence-electron chi connectivity index (χ4n) is 5.00. The first-order valence-electron chi connectivity index (χ1n) is 12.2. The molecule has 2 aliphatic heterocycles. The minimum atomic E-state index is -4.01. The van der Waals surface area contributed by atoms with Gasteiger partial charge in [0.1, 0.15) is 0 Å². The first-order valence-corrected chi connectivity index (χ1v) is 19.2. The maximum atomic E-state index is 11.3. The molecule has 0 amide bonds. The summed E-state index contributed by atoms with van der Waals surface area (Å²) >= 11 is 0.437. The van der Waals surface area contributed by atoms with Crippen molar-refractivity contribution in [2.75, 3.05) is 24.6 Å². The molecule has 2 N–H and O–H groups in total. The van der Waals surface area contributed by atoms with Gasteiger partial charge in [-0.05, 0) is 0 Å². The van der Waals surface area contributed by atoms with Crippen molar-refractivity contribution in [2.24, 2.45) is 0 Å². The van der Waals surface area contributed by atoms with E-state index >= 15 is 0 Å². The van der Waals surface area contributed by atoms with Crippen molar-refractivity contribution >= 4 is 65.7 Å². The zero-order valence-corrected chi connectivity index (χ0v) is 25.9. The average Bonchev–Trinajstić information content (AvgIpc) is 3.56. The van der Waals surface area contributed by atoms with Crippen LogP contribution in [0.25, 0.3) is 16.0 Å². The van der Waals surface area contributed by atoms with Crippen molar-refractivity contribution in [3.8, 4) is 0 Å². The number of rotatable bonds is 12. The zero-order valence-electron chi connectivity index (χ0n) is 20.8. The Kier molecular flexibility index (Phi) is 9.13. The molecule has 204 valence electrons. The fourth-order valence-corrected chi connectivity index (χ4v) is 10.4. The summed E-state index contributed by atoms with van der Waals surface area (Å²) in [6.07, 6.45) is 9.04. The molecule has 1 saturated heterocycles. The molecule has 2 unspecified atom stereocenters. The van der Waals surface area contributed by atoms with Crippen LogP contribution in [0.1, 0.15) is 32.5 Å². The van der Waals surface area contributed by atoms with Gasteiger partial charge in [0, 0.05) is 0 Å². The van der Waals surface area contributed by atoms with Gasteiger partial charge in [-0.2, -0.15) is 0 Å². The quantitative estimate of drug-likeness (QED) is 0.193. The van der Waals surface area contributed by atoms with E-state index in [-0.39, 0.29) is 47.0 Å². The molecule has 2 aromatic heterocycles. The Morgan fingerprint density at radius 3 is 2.46 bits per heavy atom. The Morgan fingerprint density at radius 1 is 1.05 bits per heavy atom. The minimum absolute atomic E-state index is 0.162. The van der Waals surface area contributed by atoms with Gasteiger partial charge < -0.3 is 0 Å². The van der Waals surface area contributed by atoms with Crippen LogP contribution in [0.4, 0.5) is 0 Å². The van der Waals surface area contributed by atoms with Crippen LogP contribution < -0.4 is 4.57 Å².